The zero-order valence-electron chi connectivity index (χ0n) is 29.9. The highest BCUT2D eigenvalue weighted by atomic mass is 19.1. The van der Waals surface area contributed by atoms with Gasteiger partial charge in [0.05, 0.1) is 35.7 Å². The van der Waals surface area contributed by atoms with Crippen molar-refractivity contribution in [1.82, 2.24) is 25.1 Å². The molecule has 2 bridgehead atoms. The predicted octanol–water partition coefficient (Wildman–Crippen LogP) is 5.21. The number of morpholine rings is 1. The Bertz CT molecular complexity index is 2100. The summed E-state index contributed by atoms with van der Waals surface area (Å²) < 4.78 is 68.0. The molecule has 0 spiro atoms. The molecule has 0 saturated carbocycles. The Morgan fingerprint density at radius 1 is 1.04 bits per heavy atom. The zero-order chi connectivity index (χ0) is 36.0. The van der Waals surface area contributed by atoms with E-state index in [2.05, 4.69) is 20.0 Å². The Kier molecular flexibility index (Phi) is 8.16. The lowest BCUT2D eigenvalue weighted by molar-refractivity contribution is 0.0308. The van der Waals surface area contributed by atoms with Gasteiger partial charge in [0.2, 0.25) is 0 Å². The van der Waals surface area contributed by atoms with Gasteiger partial charge in [0.25, 0.3) is 0 Å². The zero-order valence-corrected chi connectivity index (χ0v) is 29.9. The van der Waals surface area contributed by atoms with Gasteiger partial charge in [0.15, 0.2) is 17.4 Å². The molecule has 4 aromatic rings. The third kappa shape index (κ3) is 5.52. The summed E-state index contributed by atoms with van der Waals surface area (Å²) in [5, 5.41) is 16.0. The molecule has 3 aromatic carbocycles. The van der Waals surface area contributed by atoms with Gasteiger partial charge >= 0.3 is 6.01 Å². The van der Waals surface area contributed by atoms with E-state index in [9.17, 15) is 5.11 Å². The molecular weight excluding hydrogens is 685 g/mol. The number of nitrogens with one attached hydrogen (secondary N) is 1. The highest BCUT2D eigenvalue weighted by molar-refractivity contribution is 6.05. The minimum Gasteiger partial charge on any atom is -0.508 e. The molecule has 1 aromatic heterocycles. The second kappa shape index (κ2) is 12.9. The normalized spacial score (nSPS) is 29.7. The van der Waals surface area contributed by atoms with Gasteiger partial charge < -0.3 is 29.5 Å². The average Bonchev–Trinajstić information content (AvgIpc) is 3.75. The molecule has 5 fully saturated rings. The number of aromatic hydroxyl groups is 1. The van der Waals surface area contributed by atoms with Gasteiger partial charge in [0.1, 0.15) is 36.5 Å². The van der Waals surface area contributed by atoms with Crippen molar-refractivity contribution >= 4 is 27.5 Å². The molecular formula is C40H45F3N6O4. The van der Waals surface area contributed by atoms with Crippen LogP contribution < -0.4 is 19.7 Å². The molecule has 7 heterocycles. The summed E-state index contributed by atoms with van der Waals surface area (Å²) in [6.07, 6.45) is 2.72. The number of piperazine rings is 1. The van der Waals surface area contributed by atoms with Gasteiger partial charge in [-0.3, -0.25) is 9.80 Å². The lowest BCUT2D eigenvalue weighted by Gasteiger charge is -2.40. The lowest BCUT2D eigenvalue weighted by atomic mass is 9.90. The van der Waals surface area contributed by atoms with E-state index in [0.717, 1.165) is 64.2 Å². The second-order valence-corrected chi connectivity index (χ2v) is 16.0. The monoisotopic (exact) mass is 730 g/mol. The molecule has 280 valence electrons. The molecule has 6 atom stereocenters. The molecule has 5 saturated heterocycles. The lowest BCUT2D eigenvalue weighted by Crippen LogP contribution is -2.60. The number of aromatic nitrogens is 2. The van der Waals surface area contributed by atoms with Crippen molar-refractivity contribution in [3.05, 3.63) is 47.5 Å². The Morgan fingerprint density at radius 2 is 1.91 bits per heavy atom. The van der Waals surface area contributed by atoms with E-state index >= 15 is 13.2 Å². The maximum absolute atomic E-state index is 17.4. The number of fused-ring (bicyclic) bond motifs is 7. The third-order valence-electron chi connectivity index (χ3n) is 12.8. The molecule has 10 nitrogen and oxygen atoms in total. The first kappa shape index (κ1) is 33.6. The molecule has 53 heavy (non-hydrogen) atoms. The molecule has 6 aliphatic heterocycles. The van der Waals surface area contributed by atoms with E-state index in [1.165, 1.54) is 6.07 Å². The van der Waals surface area contributed by atoms with E-state index < -0.39 is 23.3 Å². The molecule has 10 rings (SSSR count). The van der Waals surface area contributed by atoms with Gasteiger partial charge in [-0.25, -0.2) is 13.2 Å². The third-order valence-corrected chi connectivity index (χ3v) is 12.8. The van der Waals surface area contributed by atoms with E-state index in [-0.39, 0.29) is 70.9 Å². The van der Waals surface area contributed by atoms with Crippen molar-refractivity contribution in [3.63, 3.8) is 0 Å². The smallest absolute Gasteiger partial charge is 0.319 e. The maximum Gasteiger partial charge on any atom is 0.319 e. The van der Waals surface area contributed by atoms with Crippen LogP contribution in [0.15, 0.2) is 30.3 Å². The molecule has 2 N–H and O–H groups in total. The minimum absolute atomic E-state index is 0.0234. The molecule has 13 heteroatoms. The summed E-state index contributed by atoms with van der Waals surface area (Å²) >= 11 is 0. The van der Waals surface area contributed by atoms with E-state index in [1.54, 1.807) is 6.07 Å². The number of ether oxygens (including phenoxy) is 3. The Hall–Kier alpha value is -3.91. The first-order chi connectivity index (χ1) is 25.8. The highest BCUT2D eigenvalue weighted by Crippen LogP contribution is 2.49. The molecule has 6 aliphatic rings. The van der Waals surface area contributed by atoms with Gasteiger partial charge in [-0.1, -0.05) is 25.1 Å². The number of hydrogen-bond acceptors (Lipinski definition) is 10. The number of halogens is 3. The fraction of sp³-hybridized carbons (Fsp3) is 0.550. The van der Waals surface area contributed by atoms with Crippen LogP contribution >= 0.6 is 0 Å². The van der Waals surface area contributed by atoms with Crippen LogP contribution in [0.3, 0.4) is 0 Å². The van der Waals surface area contributed by atoms with Gasteiger partial charge in [-0.2, -0.15) is 9.97 Å². The van der Waals surface area contributed by atoms with Gasteiger partial charge in [-0.05, 0) is 65.6 Å². The first-order valence-corrected chi connectivity index (χ1v) is 19.2. The van der Waals surface area contributed by atoms with Crippen LogP contribution in [0.4, 0.5) is 19.0 Å². The van der Waals surface area contributed by atoms with Crippen LogP contribution in [0, 0.1) is 17.6 Å². The number of anilines is 1. The number of phenolic OH excluding ortho intramolecular Hbond substituents is 1. The molecule has 0 aliphatic carbocycles. The number of benzene rings is 3. The van der Waals surface area contributed by atoms with Crippen LogP contribution in [0.1, 0.15) is 38.2 Å². The number of hydrogen-bond donors (Lipinski definition) is 2. The molecule has 0 amide bonds. The van der Waals surface area contributed by atoms with Crippen molar-refractivity contribution < 1.29 is 32.5 Å². The van der Waals surface area contributed by atoms with E-state index in [1.807, 2.05) is 25.1 Å². The predicted molar refractivity (Wildman–Crippen MR) is 195 cm³/mol. The number of alkyl halides is 1. The Labute approximate surface area is 306 Å². The summed E-state index contributed by atoms with van der Waals surface area (Å²) in [6.45, 7) is 8.23. The quantitative estimate of drug-likeness (QED) is 0.264. The van der Waals surface area contributed by atoms with Crippen molar-refractivity contribution in [2.45, 2.75) is 68.9 Å². The van der Waals surface area contributed by atoms with Gasteiger partial charge in [-0.15, -0.1) is 0 Å². The standard InChI is InChI=1S/C40H45F3N6O4/c1-2-23-4-3-5-24-12-27(50)13-28(31(23)24)32-34(42)36-33-37(35(32)43)52-20-30-29-7-6-26(44-29)19-49(30)38(33)46-39(45-36)53-21-40-14-22(16-47-8-10-51-11-9-47)17-48(40)18-25(41)15-40/h3-5,12-13,22,25-26,29-30,44,50H,2,6-11,14-21H2,1H3. The Morgan fingerprint density at radius 3 is 2.75 bits per heavy atom. The highest BCUT2D eigenvalue weighted by Gasteiger charge is 2.53. The topological polar surface area (TPSA) is 95.5 Å². The molecule has 0 radical (unpaired) electrons. The molecule has 6 unspecified atom stereocenters. The van der Waals surface area contributed by atoms with Crippen LogP contribution in [0.25, 0.3) is 32.8 Å². The van der Waals surface area contributed by atoms with E-state index in [0.29, 0.717) is 48.4 Å². The van der Waals surface area contributed by atoms with Gasteiger partial charge in [0, 0.05) is 57.8 Å². The van der Waals surface area contributed by atoms with Crippen LogP contribution in [0.5, 0.6) is 17.5 Å². The van der Waals surface area contributed by atoms with Crippen LogP contribution in [0.2, 0.25) is 0 Å². The maximum atomic E-state index is 17.4. The van der Waals surface area contributed by atoms with Crippen molar-refractivity contribution in [3.8, 4) is 28.6 Å². The fourth-order valence-corrected chi connectivity index (χ4v) is 10.5. The summed E-state index contributed by atoms with van der Waals surface area (Å²) in [4.78, 5) is 16.4. The summed E-state index contributed by atoms with van der Waals surface area (Å²) in [5.41, 5.74) is 0.175. The average molecular weight is 731 g/mol. The number of aryl methyl sites for hydroxylation is 1. The van der Waals surface area contributed by atoms with E-state index in [4.69, 9.17) is 24.2 Å². The van der Waals surface area contributed by atoms with Crippen molar-refractivity contribution in [2.24, 2.45) is 5.92 Å². The van der Waals surface area contributed by atoms with Crippen molar-refractivity contribution in [2.75, 3.05) is 70.6 Å². The SMILES string of the molecule is CCc1cccc2cc(O)cc(-c3c(F)c4c5c(nc(OCC67CC(F)CN6CC(CN6CCOCC6)C7)nc5c3F)N3CC5CCC(N5)C3CO4)c12. The summed E-state index contributed by atoms with van der Waals surface area (Å²) in [6, 6.07) is 8.77. The minimum atomic E-state index is -0.963. The number of phenols is 1. The Balaban J connectivity index is 1.09. The number of nitrogens with zero attached hydrogens (tertiary/aromatic N) is 5. The second-order valence-electron chi connectivity index (χ2n) is 16.0. The first-order valence-electron chi connectivity index (χ1n) is 19.2. The fourth-order valence-electron chi connectivity index (χ4n) is 10.5. The van der Waals surface area contributed by atoms with Crippen molar-refractivity contribution in [1.29, 1.82) is 0 Å². The summed E-state index contributed by atoms with van der Waals surface area (Å²) in [7, 11) is 0. The number of rotatable bonds is 7. The van der Waals surface area contributed by atoms with Crippen LogP contribution in [-0.4, -0.2) is 120 Å². The largest absolute Gasteiger partial charge is 0.508 e. The summed E-state index contributed by atoms with van der Waals surface area (Å²) in [5.74, 6) is -1.18. The van der Waals surface area contributed by atoms with Crippen LogP contribution in [-0.2, 0) is 11.2 Å².